The molecule has 0 spiro atoms. The van der Waals surface area contributed by atoms with Crippen molar-refractivity contribution in [2.24, 2.45) is 0 Å². The van der Waals surface area contributed by atoms with Crippen LogP contribution in [0.2, 0.25) is 0 Å². The number of hydrogen-bond acceptors (Lipinski definition) is 3. The van der Waals surface area contributed by atoms with Gasteiger partial charge in [-0.05, 0) is 27.2 Å². The van der Waals surface area contributed by atoms with Crippen LogP contribution in [0, 0.1) is 0 Å². The van der Waals surface area contributed by atoms with Crippen molar-refractivity contribution in [1.29, 1.82) is 0 Å². The van der Waals surface area contributed by atoms with Crippen molar-refractivity contribution < 1.29 is 9.53 Å². The molecule has 1 aliphatic rings. The molecule has 1 heterocycles. The molecule has 0 radical (unpaired) electrons. The molecule has 3 heteroatoms. The Morgan fingerprint density at radius 1 is 1.67 bits per heavy atom. The van der Waals surface area contributed by atoms with Crippen molar-refractivity contribution in [3.05, 3.63) is 12.0 Å². The zero-order chi connectivity index (χ0) is 11.5. The zero-order valence-electron chi connectivity index (χ0n) is 10.1. The smallest absolute Gasteiger partial charge is 0.190 e. The fourth-order valence-electron chi connectivity index (χ4n) is 1.93. The molecule has 0 aromatic heterocycles. The Balaban J connectivity index is 2.65. The number of ketones is 1. The summed E-state index contributed by atoms with van der Waals surface area (Å²) in [5, 5.41) is 3.23. The number of rotatable bonds is 3. The molecule has 1 saturated heterocycles. The maximum absolute atomic E-state index is 11.4. The van der Waals surface area contributed by atoms with Crippen LogP contribution >= 0.6 is 0 Å². The van der Waals surface area contributed by atoms with Gasteiger partial charge in [-0.15, -0.1) is 0 Å². The highest BCUT2D eigenvalue weighted by Crippen LogP contribution is 2.22. The fourth-order valence-corrected chi connectivity index (χ4v) is 1.93. The van der Waals surface area contributed by atoms with Gasteiger partial charge >= 0.3 is 0 Å². The molecule has 1 unspecified atom stereocenters. The third-order valence-corrected chi connectivity index (χ3v) is 2.38. The number of nitrogens with one attached hydrogen (secondary N) is 1. The Morgan fingerprint density at radius 2 is 2.33 bits per heavy atom. The molecule has 0 aromatic rings. The van der Waals surface area contributed by atoms with E-state index >= 15 is 0 Å². The number of carbonyl (C=O) groups is 1. The summed E-state index contributed by atoms with van der Waals surface area (Å²) in [6.45, 7) is 8.26. The number of allylic oxidation sites excluding steroid dienone is 1. The summed E-state index contributed by atoms with van der Waals surface area (Å²) in [7, 11) is 0. The summed E-state index contributed by atoms with van der Waals surface area (Å²) in [5.74, 6) is 0.752. The lowest BCUT2D eigenvalue weighted by Crippen LogP contribution is -2.47. The van der Waals surface area contributed by atoms with Crippen LogP contribution in [0.1, 0.15) is 47.0 Å². The summed E-state index contributed by atoms with van der Waals surface area (Å²) < 4.78 is 5.57. The number of hydrogen-bond donors (Lipinski definition) is 1. The molecule has 86 valence electrons. The van der Waals surface area contributed by atoms with Crippen LogP contribution in [-0.2, 0) is 9.53 Å². The summed E-state index contributed by atoms with van der Waals surface area (Å²) in [5.41, 5.74) is 0.00992. The van der Waals surface area contributed by atoms with E-state index in [1.54, 1.807) is 6.08 Å². The van der Waals surface area contributed by atoms with Crippen LogP contribution in [0.15, 0.2) is 12.0 Å². The largest absolute Gasteiger partial charge is 0.476 e. The van der Waals surface area contributed by atoms with E-state index in [9.17, 15) is 4.79 Å². The molecule has 15 heavy (non-hydrogen) atoms. The Bertz CT molecular complexity index is 269. The molecular weight excluding hydrogens is 190 g/mol. The summed E-state index contributed by atoms with van der Waals surface area (Å²) in [6.07, 6.45) is 4.17. The van der Waals surface area contributed by atoms with Crippen molar-refractivity contribution in [2.45, 2.75) is 58.6 Å². The molecule has 0 aromatic carbocycles. The molecule has 1 aliphatic heterocycles. The fraction of sp³-hybridized carbons (Fsp3) is 0.750. The number of ether oxygens (including phenoxy) is 1. The zero-order valence-corrected chi connectivity index (χ0v) is 10.1. The highest BCUT2D eigenvalue weighted by atomic mass is 16.5. The summed E-state index contributed by atoms with van der Waals surface area (Å²) in [6, 6.07) is 0. The van der Waals surface area contributed by atoms with Crippen LogP contribution in [0.3, 0.4) is 0 Å². The minimum Gasteiger partial charge on any atom is -0.476 e. The summed E-state index contributed by atoms with van der Waals surface area (Å²) in [4.78, 5) is 11.4. The Morgan fingerprint density at radius 3 is 2.87 bits per heavy atom. The van der Waals surface area contributed by atoms with E-state index in [1.807, 2.05) is 13.8 Å². The quantitative estimate of drug-likeness (QED) is 0.728. The highest BCUT2D eigenvalue weighted by Gasteiger charge is 2.28. The van der Waals surface area contributed by atoms with Gasteiger partial charge in [0.1, 0.15) is 0 Å². The third-order valence-electron chi connectivity index (χ3n) is 2.38. The molecule has 0 aliphatic carbocycles. The lowest BCUT2D eigenvalue weighted by Gasteiger charge is -2.37. The maximum Gasteiger partial charge on any atom is 0.190 e. The Kier molecular flexibility index (Phi) is 3.77. The van der Waals surface area contributed by atoms with E-state index in [-0.39, 0.29) is 17.4 Å². The third kappa shape index (κ3) is 3.94. The molecule has 1 fully saturated rings. The van der Waals surface area contributed by atoms with Gasteiger partial charge in [-0.3, -0.25) is 4.79 Å². The van der Waals surface area contributed by atoms with Crippen LogP contribution in [0.25, 0.3) is 0 Å². The Hall–Kier alpha value is -0.990. The minimum absolute atomic E-state index is 0.00992. The minimum atomic E-state index is 0.00992. The molecule has 3 nitrogen and oxygen atoms in total. The SMILES string of the molecule is CCCC(=O)C=C1NC(C)(C)CC(C)O1. The van der Waals surface area contributed by atoms with Gasteiger partial charge in [0.25, 0.3) is 0 Å². The van der Waals surface area contributed by atoms with Crippen LogP contribution < -0.4 is 5.32 Å². The predicted octanol–water partition coefficient (Wildman–Crippen LogP) is 2.37. The average Bonchev–Trinajstić information content (AvgIpc) is 1.99. The van der Waals surface area contributed by atoms with Crippen molar-refractivity contribution >= 4 is 5.78 Å². The van der Waals surface area contributed by atoms with Crippen molar-refractivity contribution in [3.8, 4) is 0 Å². The maximum atomic E-state index is 11.4. The van der Waals surface area contributed by atoms with Crippen molar-refractivity contribution in [3.63, 3.8) is 0 Å². The van der Waals surface area contributed by atoms with E-state index < -0.39 is 0 Å². The van der Waals surface area contributed by atoms with Crippen LogP contribution in [-0.4, -0.2) is 17.4 Å². The highest BCUT2D eigenvalue weighted by molar-refractivity contribution is 5.89. The second-order valence-corrected chi connectivity index (χ2v) is 4.87. The average molecular weight is 211 g/mol. The standard InChI is InChI=1S/C12H21NO2/c1-5-6-10(14)7-11-13-12(3,4)8-9(2)15-11/h7,9,13H,5-6,8H2,1-4H3. The first kappa shape index (κ1) is 12.1. The lowest BCUT2D eigenvalue weighted by molar-refractivity contribution is -0.115. The van der Waals surface area contributed by atoms with Gasteiger partial charge < -0.3 is 10.1 Å². The van der Waals surface area contributed by atoms with Gasteiger partial charge in [0.15, 0.2) is 11.7 Å². The van der Waals surface area contributed by atoms with Crippen molar-refractivity contribution in [1.82, 2.24) is 5.32 Å². The normalized spacial score (nSPS) is 26.9. The van der Waals surface area contributed by atoms with Gasteiger partial charge in [0.2, 0.25) is 0 Å². The molecular formula is C12H21NO2. The lowest BCUT2D eigenvalue weighted by atomic mass is 9.96. The van der Waals surface area contributed by atoms with E-state index in [2.05, 4.69) is 19.2 Å². The van der Waals surface area contributed by atoms with Gasteiger partial charge in [-0.1, -0.05) is 6.92 Å². The molecule has 1 rings (SSSR count). The second-order valence-electron chi connectivity index (χ2n) is 4.87. The van der Waals surface area contributed by atoms with Gasteiger partial charge in [0, 0.05) is 24.5 Å². The van der Waals surface area contributed by atoms with E-state index in [4.69, 9.17) is 4.74 Å². The van der Waals surface area contributed by atoms with E-state index in [0.717, 1.165) is 12.8 Å². The predicted molar refractivity (Wildman–Crippen MR) is 60.4 cm³/mol. The molecule has 1 N–H and O–H groups in total. The first-order valence-corrected chi connectivity index (χ1v) is 5.62. The van der Waals surface area contributed by atoms with Crippen LogP contribution in [0.5, 0.6) is 0 Å². The first-order chi connectivity index (χ1) is 6.93. The van der Waals surface area contributed by atoms with Crippen LogP contribution in [0.4, 0.5) is 0 Å². The molecule has 0 amide bonds. The monoisotopic (exact) mass is 211 g/mol. The van der Waals surface area contributed by atoms with Gasteiger partial charge in [0.05, 0.1) is 6.10 Å². The molecule has 0 bridgehead atoms. The van der Waals surface area contributed by atoms with Crippen molar-refractivity contribution in [2.75, 3.05) is 0 Å². The van der Waals surface area contributed by atoms with Gasteiger partial charge in [-0.2, -0.15) is 0 Å². The van der Waals surface area contributed by atoms with E-state index in [0.29, 0.717) is 12.3 Å². The second kappa shape index (κ2) is 4.69. The number of carbonyl (C=O) groups excluding carboxylic acids is 1. The molecule has 1 atom stereocenters. The molecule has 0 saturated carbocycles. The first-order valence-electron chi connectivity index (χ1n) is 5.62. The van der Waals surface area contributed by atoms with Gasteiger partial charge in [-0.25, -0.2) is 0 Å². The van der Waals surface area contributed by atoms with E-state index in [1.165, 1.54) is 0 Å². The summed E-state index contributed by atoms with van der Waals surface area (Å²) >= 11 is 0. The topological polar surface area (TPSA) is 38.3 Å². The Labute approximate surface area is 91.9 Å².